The second-order valence-corrected chi connectivity index (χ2v) is 7.74. The lowest BCUT2D eigenvalue weighted by molar-refractivity contribution is -0.0176. The normalized spacial score (nSPS) is 18.6. The number of oxazole rings is 1. The molecule has 0 amide bonds. The molecule has 0 saturated heterocycles. The first-order valence-corrected chi connectivity index (χ1v) is 10.3. The summed E-state index contributed by atoms with van der Waals surface area (Å²) < 4.78 is 30.6. The fraction of sp³-hybridized carbons (Fsp3) is 0.333. The largest absolute Gasteiger partial charge is 0.489 e. The maximum atomic E-state index is 13.1. The molecule has 1 heterocycles. The summed E-state index contributed by atoms with van der Waals surface area (Å²) in [7, 11) is 0. The molecule has 2 atom stereocenters. The van der Waals surface area contributed by atoms with Crippen LogP contribution < -0.4 is 4.74 Å². The van der Waals surface area contributed by atoms with Crippen LogP contribution in [0.2, 0.25) is 0 Å². The van der Waals surface area contributed by atoms with Crippen molar-refractivity contribution in [3.63, 3.8) is 0 Å². The number of aromatic carboxylic acids is 1. The van der Waals surface area contributed by atoms with Crippen molar-refractivity contribution in [2.75, 3.05) is 0 Å². The first-order valence-electron chi connectivity index (χ1n) is 10.3. The van der Waals surface area contributed by atoms with E-state index in [-0.39, 0.29) is 23.6 Å². The van der Waals surface area contributed by atoms with E-state index in [1.807, 2.05) is 0 Å². The third-order valence-electron chi connectivity index (χ3n) is 5.43. The van der Waals surface area contributed by atoms with Crippen LogP contribution in [0, 0.1) is 12.7 Å². The zero-order valence-corrected chi connectivity index (χ0v) is 17.2. The van der Waals surface area contributed by atoms with E-state index in [0.29, 0.717) is 41.5 Å². The molecule has 0 spiro atoms. The molecule has 6 nitrogen and oxygen atoms in total. The van der Waals surface area contributed by atoms with Crippen LogP contribution in [0.1, 0.15) is 47.3 Å². The smallest absolute Gasteiger partial charge is 0.339 e. The minimum atomic E-state index is -0.986. The van der Waals surface area contributed by atoms with E-state index in [9.17, 15) is 14.3 Å². The fourth-order valence-electron chi connectivity index (χ4n) is 3.85. The molecule has 1 aromatic heterocycles. The average molecular weight is 425 g/mol. The molecule has 1 fully saturated rings. The van der Waals surface area contributed by atoms with E-state index in [0.717, 1.165) is 19.3 Å². The molecule has 4 rings (SSSR count). The summed E-state index contributed by atoms with van der Waals surface area (Å²) >= 11 is 0. The van der Waals surface area contributed by atoms with Crippen LogP contribution in [0.15, 0.2) is 53.1 Å². The van der Waals surface area contributed by atoms with Crippen LogP contribution >= 0.6 is 0 Å². The van der Waals surface area contributed by atoms with Gasteiger partial charge in [-0.2, -0.15) is 0 Å². The van der Waals surface area contributed by atoms with E-state index >= 15 is 0 Å². The zero-order valence-electron chi connectivity index (χ0n) is 17.2. The minimum absolute atomic E-state index is 0.0113. The number of carbonyl (C=O) groups is 1. The molecule has 31 heavy (non-hydrogen) atoms. The van der Waals surface area contributed by atoms with Gasteiger partial charge in [-0.15, -0.1) is 0 Å². The van der Waals surface area contributed by atoms with Crippen LogP contribution in [0.3, 0.4) is 0 Å². The van der Waals surface area contributed by atoms with Gasteiger partial charge in [0, 0.05) is 12.0 Å². The van der Waals surface area contributed by atoms with Crippen LogP contribution in [-0.4, -0.2) is 28.3 Å². The fourth-order valence-corrected chi connectivity index (χ4v) is 3.85. The number of carboxylic acid groups (broad SMARTS) is 1. The number of halogens is 1. The highest BCUT2D eigenvalue weighted by atomic mass is 19.1. The van der Waals surface area contributed by atoms with Gasteiger partial charge in [0.1, 0.15) is 35.2 Å². The topological polar surface area (TPSA) is 81.8 Å². The molecule has 1 aliphatic carbocycles. The number of carboxylic acids is 1. The van der Waals surface area contributed by atoms with Gasteiger partial charge >= 0.3 is 5.97 Å². The van der Waals surface area contributed by atoms with Gasteiger partial charge in [-0.05, 0) is 62.1 Å². The molecule has 1 saturated carbocycles. The van der Waals surface area contributed by atoms with Crippen LogP contribution in [0.4, 0.5) is 4.39 Å². The van der Waals surface area contributed by atoms with Gasteiger partial charge in [-0.1, -0.05) is 12.1 Å². The van der Waals surface area contributed by atoms with Crippen molar-refractivity contribution in [2.45, 2.75) is 51.4 Å². The molecular formula is C24H24FNO5. The number of rotatable bonds is 7. The van der Waals surface area contributed by atoms with Gasteiger partial charge in [-0.25, -0.2) is 14.2 Å². The van der Waals surface area contributed by atoms with E-state index in [4.69, 9.17) is 13.9 Å². The Morgan fingerprint density at radius 3 is 2.74 bits per heavy atom. The number of hydrogen-bond donors (Lipinski definition) is 1. The second-order valence-electron chi connectivity index (χ2n) is 7.74. The van der Waals surface area contributed by atoms with Gasteiger partial charge < -0.3 is 19.0 Å². The first-order chi connectivity index (χ1) is 15.0. The monoisotopic (exact) mass is 425 g/mol. The number of aryl methyl sites for hydroxylation is 1. The van der Waals surface area contributed by atoms with Crippen LogP contribution in [-0.2, 0) is 11.3 Å². The van der Waals surface area contributed by atoms with E-state index < -0.39 is 5.97 Å². The van der Waals surface area contributed by atoms with E-state index in [1.54, 1.807) is 43.5 Å². The third-order valence-corrected chi connectivity index (χ3v) is 5.43. The summed E-state index contributed by atoms with van der Waals surface area (Å²) in [5.74, 6) is -0.475. The molecule has 0 radical (unpaired) electrons. The molecular weight excluding hydrogens is 401 g/mol. The molecule has 2 unspecified atom stereocenters. The summed E-state index contributed by atoms with van der Waals surface area (Å²) in [5.41, 5.74) is 2.25. The lowest BCUT2D eigenvalue weighted by Crippen LogP contribution is -2.30. The van der Waals surface area contributed by atoms with Crippen molar-refractivity contribution in [3.8, 4) is 17.2 Å². The highest BCUT2D eigenvalue weighted by molar-refractivity contribution is 5.92. The molecule has 162 valence electrons. The second kappa shape index (κ2) is 9.31. The Hall–Kier alpha value is -3.19. The Kier molecular flexibility index (Phi) is 6.32. The lowest BCUT2D eigenvalue weighted by atomic mass is 9.94. The lowest BCUT2D eigenvalue weighted by Gasteiger charge is -2.30. The van der Waals surface area contributed by atoms with Crippen molar-refractivity contribution in [1.29, 1.82) is 0 Å². The van der Waals surface area contributed by atoms with Crippen molar-refractivity contribution < 1.29 is 28.2 Å². The standard InChI is InChI=1S/C24H24FNO5/c1-15-4-2-7-21(22(15)24(27)28)31-20-6-3-5-19(12-20)29-13-18-14-30-23(26-18)16-8-10-17(25)11-9-16/h2,4,7-11,14,19-20H,3,5-6,12-13H2,1H3,(H,27,28). The quantitative estimate of drug-likeness (QED) is 0.546. The summed E-state index contributed by atoms with van der Waals surface area (Å²) in [6.45, 7) is 2.06. The van der Waals surface area contributed by atoms with Gasteiger partial charge in [0.05, 0.1) is 12.7 Å². The van der Waals surface area contributed by atoms with Crippen molar-refractivity contribution in [2.24, 2.45) is 0 Å². The van der Waals surface area contributed by atoms with Crippen LogP contribution in [0.5, 0.6) is 5.75 Å². The highest BCUT2D eigenvalue weighted by Gasteiger charge is 2.26. The molecule has 0 aliphatic heterocycles. The third kappa shape index (κ3) is 5.11. The molecule has 0 bridgehead atoms. The zero-order chi connectivity index (χ0) is 21.8. The van der Waals surface area contributed by atoms with Crippen molar-refractivity contribution >= 4 is 5.97 Å². The Labute approximate surface area is 179 Å². The summed E-state index contributed by atoms with van der Waals surface area (Å²) in [4.78, 5) is 16.0. The number of benzene rings is 2. The maximum Gasteiger partial charge on any atom is 0.339 e. The van der Waals surface area contributed by atoms with Gasteiger partial charge in [0.25, 0.3) is 0 Å². The molecule has 3 aromatic rings. The Morgan fingerprint density at radius 2 is 1.97 bits per heavy atom. The molecule has 7 heteroatoms. The number of ether oxygens (including phenoxy) is 2. The van der Waals surface area contributed by atoms with Gasteiger partial charge in [0.15, 0.2) is 0 Å². The Morgan fingerprint density at radius 1 is 1.19 bits per heavy atom. The molecule has 1 N–H and O–H groups in total. The van der Waals surface area contributed by atoms with Crippen LogP contribution in [0.25, 0.3) is 11.5 Å². The molecule has 2 aromatic carbocycles. The maximum absolute atomic E-state index is 13.1. The predicted octanol–water partition coefficient (Wildman–Crippen LogP) is 5.39. The van der Waals surface area contributed by atoms with Gasteiger partial charge in [-0.3, -0.25) is 0 Å². The SMILES string of the molecule is Cc1cccc(OC2CCCC(OCc3coc(-c4ccc(F)cc4)n3)C2)c1C(=O)O. The van der Waals surface area contributed by atoms with Gasteiger partial charge in [0.2, 0.25) is 5.89 Å². The van der Waals surface area contributed by atoms with E-state index in [1.165, 1.54) is 12.1 Å². The minimum Gasteiger partial charge on any atom is -0.489 e. The Bertz CT molecular complexity index is 1050. The molecule has 1 aliphatic rings. The highest BCUT2D eigenvalue weighted by Crippen LogP contribution is 2.29. The summed E-state index contributed by atoms with van der Waals surface area (Å²) in [5, 5.41) is 9.50. The van der Waals surface area contributed by atoms with Crippen molar-refractivity contribution in [1.82, 2.24) is 4.98 Å². The average Bonchev–Trinajstić information content (AvgIpc) is 3.22. The predicted molar refractivity (Wildman–Crippen MR) is 111 cm³/mol. The number of aromatic nitrogens is 1. The number of hydrogen-bond acceptors (Lipinski definition) is 5. The summed E-state index contributed by atoms with van der Waals surface area (Å²) in [6.07, 6.45) is 4.79. The Balaban J connectivity index is 1.34. The first kappa shape index (κ1) is 21.1. The van der Waals surface area contributed by atoms with Crippen molar-refractivity contribution in [3.05, 3.63) is 71.4 Å². The number of nitrogens with zero attached hydrogens (tertiary/aromatic N) is 1. The summed E-state index contributed by atoms with van der Waals surface area (Å²) in [6, 6.07) is 11.2. The van der Waals surface area contributed by atoms with E-state index in [2.05, 4.69) is 4.98 Å².